The Morgan fingerprint density at radius 2 is 0.489 bits per heavy atom. The SMILES string of the molecule is C1=N[C@@H]2CCCC[C@H]2N=Cc2ccc(o2)C=N[C@@H]2CCCC[C@H]2N=Cc2ccc(o2)C=N[C@@H]2CCCC[C@H]2N=Cc2ccc1o2. The highest BCUT2D eigenvalue weighted by atomic mass is 16.3. The molecule has 45 heavy (non-hydrogen) atoms. The third kappa shape index (κ3) is 7.75. The van der Waals surface area contributed by atoms with E-state index in [0.29, 0.717) is 0 Å². The largest absolute Gasteiger partial charge is 0.454 e. The molecule has 3 aromatic heterocycles. The molecular formula is C36H42N6O3. The molecule has 0 unspecified atom stereocenters. The lowest BCUT2D eigenvalue weighted by molar-refractivity contribution is 0.388. The molecule has 0 saturated heterocycles. The van der Waals surface area contributed by atoms with Crippen LogP contribution in [0.3, 0.4) is 0 Å². The lowest BCUT2D eigenvalue weighted by atomic mass is 9.91. The zero-order valence-electron chi connectivity index (χ0n) is 25.8. The Kier molecular flexibility index (Phi) is 9.40. The van der Waals surface area contributed by atoms with E-state index in [1.54, 1.807) is 0 Å². The minimum atomic E-state index is 0.116. The highest BCUT2D eigenvalue weighted by Gasteiger charge is 2.26. The molecule has 0 amide bonds. The van der Waals surface area contributed by atoms with Crippen LogP contribution in [0.5, 0.6) is 0 Å². The third-order valence-corrected chi connectivity index (χ3v) is 9.38. The average Bonchev–Trinajstić information content (AvgIpc) is 3.85. The molecule has 1 aliphatic heterocycles. The molecule has 0 aromatic carbocycles. The topological polar surface area (TPSA) is 114 Å². The van der Waals surface area contributed by atoms with Crippen LogP contribution in [0.2, 0.25) is 0 Å². The van der Waals surface area contributed by atoms with Gasteiger partial charge in [-0.2, -0.15) is 0 Å². The Labute approximate surface area is 264 Å². The molecule has 234 valence electrons. The van der Waals surface area contributed by atoms with E-state index in [4.69, 9.17) is 43.2 Å². The normalized spacial score (nSPS) is 29.1. The van der Waals surface area contributed by atoms with Crippen LogP contribution in [-0.2, 0) is 0 Å². The van der Waals surface area contributed by atoms with Crippen molar-refractivity contribution in [3.05, 3.63) is 71.0 Å². The molecule has 6 atom stereocenters. The van der Waals surface area contributed by atoms with E-state index in [2.05, 4.69) is 0 Å². The van der Waals surface area contributed by atoms with Gasteiger partial charge < -0.3 is 13.3 Å². The van der Waals surface area contributed by atoms with Gasteiger partial charge in [0.1, 0.15) is 34.6 Å². The summed E-state index contributed by atoms with van der Waals surface area (Å²) in [6, 6.07) is 12.4. The first-order chi connectivity index (χ1) is 22.2. The molecule has 4 heterocycles. The summed E-state index contributed by atoms with van der Waals surface area (Å²) in [6.45, 7) is 0. The van der Waals surface area contributed by atoms with Crippen molar-refractivity contribution in [3.8, 4) is 0 Å². The Hall–Kier alpha value is -4.14. The van der Waals surface area contributed by atoms with Gasteiger partial charge >= 0.3 is 0 Å². The van der Waals surface area contributed by atoms with Gasteiger partial charge in [-0.05, 0) is 74.9 Å². The second-order valence-electron chi connectivity index (χ2n) is 12.6. The van der Waals surface area contributed by atoms with Crippen LogP contribution in [0.4, 0.5) is 0 Å². The summed E-state index contributed by atoms with van der Waals surface area (Å²) in [5.74, 6) is 4.38. The van der Waals surface area contributed by atoms with Crippen molar-refractivity contribution in [2.45, 2.75) is 113 Å². The number of furan rings is 3. The molecule has 0 N–H and O–H groups in total. The first-order valence-corrected chi connectivity index (χ1v) is 16.7. The summed E-state index contributed by atoms with van der Waals surface area (Å²) in [4.78, 5) is 29.5. The lowest BCUT2D eigenvalue weighted by Crippen LogP contribution is -2.27. The van der Waals surface area contributed by atoms with Crippen molar-refractivity contribution < 1.29 is 13.3 Å². The van der Waals surface area contributed by atoms with Gasteiger partial charge in [-0.1, -0.05) is 38.5 Å². The van der Waals surface area contributed by atoms with Gasteiger partial charge in [0.15, 0.2) is 0 Å². The minimum Gasteiger partial charge on any atom is -0.454 e. The standard InChI is InChI=1S/C36H42N6O3/c1-2-8-32-31(7-1)37-19-25-13-14-27(43-25)21-39-33-9-3-4-10-34(33)41-23-29-17-18-30(45-29)24-42-36-12-6-5-11-35(36)40-22-28-16-15-26(44-28)20-38-32/h13-24,31-36H,1-12H2/t31-,32-,33-,34-,35-,36-/m1/s1. The van der Waals surface area contributed by atoms with Crippen LogP contribution in [0.1, 0.15) is 112 Å². The van der Waals surface area contributed by atoms with Crippen LogP contribution >= 0.6 is 0 Å². The minimum absolute atomic E-state index is 0.116. The smallest absolute Gasteiger partial charge is 0.145 e. The van der Waals surface area contributed by atoms with Crippen LogP contribution in [0.15, 0.2) is 79.6 Å². The Balaban J connectivity index is 1.16. The van der Waals surface area contributed by atoms with Crippen molar-refractivity contribution in [1.82, 2.24) is 0 Å². The highest BCUT2D eigenvalue weighted by molar-refractivity contribution is 5.83. The highest BCUT2D eigenvalue weighted by Crippen LogP contribution is 2.27. The van der Waals surface area contributed by atoms with Crippen LogP contribution < -0.4 is 0 Å². The van der Waals surface area contributed by atoms with Crippen molar-refractivity contribution in [2.24, 2.45) is 30.0 Å². The summed E-state index contributed by atoms with van der Waals surface area (Å²) in [7, 11) is 0. The Morgan fingerprint density at radius 1 is 0.311 bits per heavy atom. The van der Waals surface area contributed by atoms with Gasteiger partial charge in [-0.15, -0.1) is 0 Å². The monoisotopic (exact) mass is 606 g/mol. The summed E-state index contributed by atoms with van der Waals surface area (Å²) < 4.78 is 18.2. The molecule has 3 fully saturated rings. The fraction of sp³-hybridized carbons (Fsp3) is 0.500. The summed E-state index contributed by atoms with van der Waals surface area (Å²) >= 11 is 0. The fourth-order valence-electron chi connectivity index (χ4n) is 6.86. The zero-order chi connectivity index (χ0) is 30.3. The first-order valence-electron chi connectivity index (χ1n) is 16.7. The van der Waals surface area contributed by atoms with E-state index < -0.39 is 0 Å². The van der Waals surface area contributed by atoms with Gasteiger partial charge in [-0.25, -0.2) is 0 Å². The van der Waals surface area contributed by atoms with E-state index in [9.17, 15) is 0 Å². The number of fused-ring (bicyclic) bond motifs is 9. The third-order valence-electron chi connectivity index (χ3n) is 9.38. The zero-order valence-corrected chi connectivity index (χ0v) is 25.8. The van der Waals surface area contributed by atoms with Crippen molar-refractivity contribution in [2.75, 3.05) is 0 Å². The molecule has 0 spiro atoms. The maximum Gasteiger partial charge on any atom is 0.145 e. The van der Waals surface area contributed by atoms with Gasteiger partial charge in [0.2, 0.25) is 0 Å². The maximum absolute atomic E-state index is 6.06. The second kappa shape index (κ2) is 14.3. The van der Waals surface area contributed by atoms with E-state index >= 15 is 0 Å². The van der Waals surface area contributed by atoms with E-state index in [0.717, 1.165) is 112 Å². The summed E-state index contributed by atoms with van der Waals surface area (Å²) in [5, 5.41) is 0. The molecule has 9 heteroatoms. The van der Waals surface area contributed by atoms with E-state index in [1.807, 2.05) is 73.7 Å². The first kappa shape index (κ1) is 29.6. The lowest BCUT2D eigenvalue weighted by Gasteiger charge is -2.25. The van der Waals surface area contributed by atoms with Gasteiger partial charge in [0.25, 0.3) is 0 Å². The Morgan fingerprint density at radius 3 is 0.667 bits per heavy atom. The van der Waals surface area contributed by atoms with Crippen LogP contribution in [0, 0.1) is 0 Å². The number of hydrogen-bond acceptors (Lipinski definition) is 9. The number of hydrogen-bond donors (Lipinski definition) is 0. The molecular weight excluding hydrogens is 564 g/mol. The molecule has 4 aliphatic rings. The summed E-state index contributed by atoms with van der Waals surface area (Å²) in [6.07, 6.45) is 24.1. The molecule has 3 aliphatic carbocycles. The van der Waals surface area contributed by atoms with Gasteiger partial charge in [-0.3, -0.25) is 30.0 Å². The molecule has 0 radical (unpaired) electrons. The van der Waals surface area contributed by atoms with E-state index in [1.165, 1.54) is 0 Å². The summed E-state index contributed by atoms with van der Waals surface area (Å²) in [5.41, 5.74) is 0. The molecule has 3 aromatic rings. The molecule has 7 rings (SSSR count). The van der Waals surface area contributed by atoms with Gasteiger partial charge in [0, 0.05) is 0 Å². The number of rotatable bonds is 0. The quantitative estimate of drug-likeness (QED) is 0.267. The van der Waals surface area contributed by atoms with Crippen LogP contribution in [0.25, 0.3) is 0 Å². The van der Waals surface area contributed by atoms with Crippen molar-refractivity contribution in [3.63, 3.8) is 0 Å². The van der Waals surface area contributed by atoms with Crippen molar-refractivity contribution in [1.29, 1.82) is 0 Å². The molecule has 3 saturated carbocycles. The van der Waals surface area contributed by atoms with E-state index in [-0.39, 0.29) is 36.3 Å². The molecule has 9 nitrogen and oxygen atoms in total. The predicted molar refractivity (Wildman–Crippen MR) is 180 cm³/mol. The maximum atomic E-state index is 6.06. The Bertz CT molecular complexity index is 1290. The fourth-order valence-corrected chi connectivity index (χ4v) is 6.86. The predicted octanol–water partition coefficient (Wildman–Crippen LogP) is 7.33. The number of aliphatic imine (C=N–C) groups is 6. The average molecular weight is 607 g/mol. The second-order valence-corrected chi connectivity index (χ2v) is 12.6. The molecule has 6 bridgehead atoms. The number of nitrogens with zero attached hydrogens (tertiary/aromatic N) is 6. The van der Waals surface area contributed by atoms with Crippen LogP contribution in [-0.4, -0.2) is 73.5 Å². The van der Waals surface area contributed by atoms with Gasteiger partial charge in [0.05, 0.1) is 73.5 Å². The van der Waals surface area contributed by atoms with Crippen molar-refractivity contribution >= 4 is 37.3 Å².